The van der Waals surface area contributed by atoms with Crippen LogP contribution in [0.2, 0.25) is 5.02 Å². The molecule has 0 aromatic heterocycles. The van der Waals surface area contributed by atoms with Crippen LogP contribution in [0.25, 0.3) is 0 Å². The molecule has 1 unspecified atom stereocenters. The molecular weight excluding hydrogens is 568 g/mol. The summed E-state index contributed by atoms with van der Waals surface area (Å²) in [5.74, 6) is -1.51. The van der Waals surface area contributed by atoms with Crippen LogP contribution in [0, 0.1) is 11.3 Å². The fourth-order valence-corrected chi connectivity index (χ4v) is 6.98. The van der Waals surface area contributed by atoms with Crippen LogP contribution in [0.4, 0.5) is 0 Å². The molecular formula is C35H41ClO7. The SMILES string of the molecule is C=C[C@H]1[C@H](OC(C)=O)[C@@H](OC(C)=O)C(c2ccc(Cl)c(Cc3ccc(C4CCC5(CC4)CC5)cc3)c2)O[C@@H]1COC(C)=O. The minimum atomic E-state index is -0.962. The summed E-state index contributed by atoms with van der Waals surface area (Å²) in [6.07, 6.45) is 6.89. The normalized spacial score (nSPS) is 26.4. The van der Waals surface area contributed by atoms with Crippen molar-refractivity contribution in [3.8, 4) is 0 Å². The van der Waals surface area contributed by atoms with Gasteiger partial charge in [0.15, 0.2) is 12.2 Å². The lowest BCUT2D eigenvalue weighted by atomic mass is 9.77. The number of hydrogen-bond acceptors (Lipinski definition) is 7. The fraction of sp³-hybridized carbons (Fsp3) is 0.514. The molecule has 2 aromatic carbocycles. The first kappa shape index (κ1) is 31.3. The van der Waals surface area contributed by atoms with E-state index in [2.05, 4.69) is 30.8 Å². The molecule has 8 heteroatoms. The first-order valence-corrected chi connectivity index (χ1v) is 15.6. The molecule has 0 N–H and O–H groups in total. The van der Waals surface area contributed by atoms with Gasteiger partial charge in [0.2, 0.25) is 0 Å². The maximum Gasteiger partial charge on any atom is 0.303 e. The molecule has 2 aliphatic carbocycles. The van der Waals surface area contributed by atoms with Gasteiger partial charge < -0.3 is 18.9 Å². The Bertz CT molecular complexity index is 1340. The van der Waals surface area contributed by atoms with Crippen LogP contribution in [-0.2, 0) is 39.8 Å². The Morgan fingerprint density at radius 3 is 2.12 bits per heavy atom. The molecule has 5 rings (SSSR count). The number of esters is 3. The lowest BCUT2D eigenvalue weighted by Gasteiger charge is -2.44. The Balaban J connectivity index is 1.39. The smallest absolute Gasteiger partial charge is 0.303 e. The zero-order valence-electron chi connectivity index (χ0n) is 25.2. The summed E-state index contributed by atoms with van der Waals surface area (Å²) in [5, 5.41) is 0.603. The van der Waals surface area contributed by atoms with Crippen molar-refractivity contribution in [1.82, 2.24) is 0 Å². The molecule has 3 fully saturated rings. The van der Waals surface area contributed by atoms with Crippen LogP contribution in [0.3, 0.4) is 0 Å². The van der Waals surface area contributed by atoms with Crippen LogP contribution < -0.4 is 0 Å². The van der Waals surface area contributed by atoms with Gasteiger partial charge in [-0.05, 0) is 84.6 Å². The standard InChI is InChI=1S/C35H41ClO7/c1-5-29-31(20-40-21(2)37)43-32(34(42-23(4)39)33(29)41-22(3)38)27-10-11-30(36)28(19-27)18-24-6-8-25(9-7-24)26-12-14-35(15-13-26)16-17-35/h5-11,19,26,29,31-34H,1,12-18,20H2,2-4H3/t29-,31-,32?,33+,34+/m1/s1. The molecule has 0 amide bonds. The highest BCUT2D eigenvalue weighted by atomic mass is 35.5. The van der Waals surface area contributed by atoms with Crippen molar-refractivity contribution in [2.24, 2.45) is 11.3 Å². The number of carbonyl (C=O) groups is 3. The monoisotopic (exact) mass is 608 g/mol. The Hall–Kier alpha value is -3.16. The van der Waals surface area contributed by atoms with Gasteiger partial charge >= 0.3 is 17.9 Å². The van der Waals surface area contributed by atoms with E-state index in [0.29, 0.717) is 28.3 Å². The van der Waals surface area contributed by atoms with Gasteiger partial charge in [-0.25, -0.2) is 0 Å². The summed E-state index contributed by atoms with van der Waals surface area (Å²) in [5.41, 5.74) is 4.81. The third-order valence-corrected chi connectivity index (χ3v) is 9.70. The topological polar surface area (TPSA) is 88.1 Å². The predicted octanol–water partition coefficient (Wildman–Crippen LogP) is 7.04. The highest BCUT2D eigenvalue weighted by Gasteiger charge is 2.49. The number of rotatable bonds is 9. The number of ether oxygens (including phenoxy) is 4. The first-order valence-electron chi connectivity index (χ1n) is 15.2. The Morgan fingerprint density at radius 2 is 1.53 bits per heavy atom. The minimum Gasteiger partial charge on any atom is -0.463 e. The van der Waals surface area contributed by atoms with Crippen molar-refractivity contribution in [3.05, 3.63) is 82.4 Å². The Kier molecular flexibility index (Phi) is 9.62. The first-order chi connectivity index (χ1) is 20.6. The highest BCUT2D eigenvalue weighted by Crippen LogP contribution is 2.58. The van der Waals surface area contributed by atoms with Crippen molar-refractivity contribution in [2.75, 3.05) is 6.61 Å². The predicted molar refractivity (Wildman–Crippen MR) is 163 cm³/mol. The molecule has 0 radical (unpaired) electrons. The van der Waals surface area contributed by atoms with Gasteiger partial charge in [-0.2, -0.15) is 0 Å². The number of hydrogen-bond donors (Lipinski definition) is 0. The van der Waals surface area contributed by atoms with Gasteiger partial charge in [-0.1, -0.05) is 54.1 Å². The molecule has 5 atom stereocenters. The molecule has 3 aliphatic rings. The highest BCUT2D eigenvalue weighted by molar-refractivity contribution is 6.31. The maximum atomic E-state index is 12.2. The van der Waals surface area contributed by atoms with Gasteiger partial charge in [0.05, 0.1) is 0 Å². The lowest BCUT2D eigenvalue weighted by molar-refractivity contribution is -0.227. The van der Waals surface area contributed by atoms with Crippen LogP contribution in [-0.4, -0.2) is 42.8 Å². The van der Waals surface area contributed by atoms with E-state index in [9.17, 15) is 14.4 Å². The molecule has 0 bridgehead atoms. The van der Waals surface area contributed by atoms with Gasteiger partial charge in [0, 0.05) is 31.7 Å². The zero-order valence-corrected chi connectivity index (χ0v) is 25.9. The van der Waals surface area contributed by atoms with E-state index in [-0.39, 0.29) is 6.61 Å². The van der Waals surface area contributed by atoms with Gasteiger partial charge in [-0.15, -0.1) is 6.58 Å². The van der Waals surface area contributed by atoms with Gasteiger partial charge in [-0.3, -0.25) is 14.4 Å². The van der Waals surface area contributed by atoms with Crippen molar-refractivity contribution in [1.29, 1.82) is 0 Å². The molecule has 1 saturated heterocycles. The zero-order chi connectivity index (χ0) is 30.7. The summed E-state index contributed by atoms with van der Waals surface area (Å²) in [4.78, 5) is 36.0. The fourth-order valence-electron chi connectivity index (χ4n) is 6.80. The van der Waals surface area contributed by atoms with Crippen molar-refractivity contribution < 1.29 is 33.3 Å². The molecule has 1 spiro atoms. The second kappa shape index (κ2) is 13.2. The molecule has 43 heavy (non-hydrogen) atoms. The second-order valence-electron chi connectivity index (χ2n) is 12.4. The average Bonchev–Trinajstić information content (AvgIpc) is 3.73. The average molecular weight is 609 g/mol. The molecule has 1 heterocycles. The summed E-state index contributed by atoms with van der Waals surface area (Å²) < 4.78 is 23.1. The van der Waals surface area contributed by atoms with Crippen LogP contribution in [0.15, 0.2) is 55.1 Å². The lowest BCUT2D eigenvalue weighted by Crippen LogP contribution is -2.54. The van der Waals surface area contributed by atoms with Crippen molar-refractivity contribution >= 4 is 29.5 Å². The number of halogens is 1. The molecule has 7 nitrogen and oxygen atoms in total. The number of carbonyl (C=O) groups excluding carboxylic acids is 3. The van der Waals surface area contributed by atoms with E-state index in [0.717, 1.165) is 11.1 Å². The molecule has 2 saturated carbocycles. The third kappa shape index (κ3) is 7.50. The summed E-state index contributed by atoms with van der Waals surface area (Å²) in [6.45, 7) is 7.69. The van der Waals surface area contributed by atoms with Gasteiger partial charge in [0.25, 0.3) is 0 Å². The van der Waals surface area contributed by atoms with E-state index >= 15 is 0 Å². The van der Waals surface area contributed by atoms with Crippen molar-refractivity contribution in [2.45, 2.75) is 96.1 Å². The summed E-state index contributed by atoms with van der Waals surface area (Å²) in [7, 11) is 0. The van der Waals surface area contributed by atoms with E-state index in [1.165, 1.54) is 64.9 Å². The van der Waals surface area contributed by atoms with Crippen molar-refractivity contribution in [3.63, 3.8) is 0 Å². The van der Waals surface area contributed by atoms with Crippen LogP contribution in [0.5, 0.6) is 0 Å². The molecule has 2 aromatic rings. The second-order valence-corrected chi connectivity index (χ2v) is 12.8. The maximum absolute atomic E-state index is 12.2. The van der Waals surface area contributed by atoms with E-state index in [4.69, 9.17) is 30.5 Å². The van der Waals surface area contributed by atoms with E-state index in [1.807, 2.05) is 12.1 Å². The van der Waals surface area contributed by atoms with Crippen LogP contribution >= 0.6 is 11.6 Å². The van der Waals surface area contributed by atoms with E-state index < -0.39 is 48.2 Å². The Labute approximate surface area is 258 Å². The summed E-state index contributed by atoms with van der Waals surface area (Å²) >= 11 is 6.68. The van der Waals surface area contributed by atoms with Gasteiger partial charge in [0.1, 0.15) is 18.8 Å². The largest absolute Gasteiger partial charge is 0.463 e. The quantitative estimate of drug-likeness (QED) is 0.171. The minimum absolute atomic E-state index is 0.0815. The molecule has 230 valence electrons. The summed E-state index contributed by atoms with van der Waals surface area (Å²) in [6, 6.07) is 14.4. The third-order valence-electron chi connectivity index (χ3n) is 9.33. The Morgan fingerprint density at radius 1 is 0.907 bits per heavy atom. The number of benzene rings is 2. The van der Waals surface area contributed by atoms with Crippen LogP contribution in [0.1, 0.15) is 93.6 Å². The molecule has 1 aliphatic heterocycles. The van der Waals surface area contributed by atoms with E-state index in [1.54, 1.807) is 12.1 Å².